The van der Waals surface area contributed by atoms with Gasteiger partial charge in [-0.2, -0.15) is 0 Å². The minimum absolute atomic E-state index is 0.725. The number of nitrogens with two attached hydrogens (primary N) is 1. The monoisotopic (exact) mass is 323 g/mol. The number of nitrogens with zero attached hydrogens (tertiary/aromatic N) is 2. The van der Waals surface area contributed by atoms with E-state index in [9.17, 15) is 0 Å². The van der Waals surface area contributed by atoms with Crippen molar-refractivity contribution in [3.63, 3.8) is 0 Å². The molecule has 104 valence electrons. The summed E-state index contributed by atoms with van der Waals surface area (Å²) in [5, 5.41) is 0. The normalized spacial score (nSPS) is 24.9. The minimum atomic E-state index is 0.725. The van der Waals surface area contributed by atoms with Gasteiger partial charge in [0.1, 0.15) is 0 Å². The van der Waals surface area contributed by atoms with E-state index in [0.29, 0.717) is 0 Å². The standard InChI is InChI=1S/C15H22BrN3/c16-12-4-5-15(14(17)10-12)19-9-6-13(11-19)18-7-2-1-3-8-18/h4-5,10,13H,1-3,6-9,11,17H2. The van der Waals surface area contributed by atoms with E-state index < -0.39 is 0 Å². The van der Waals surface area contributed by atoms with Crippen LogP contribution in [0.1, 0.15) is 25.7 Å². The molecule has 0 spiro atoms. The molecule has 0 bridgehead atoms. The van der Waals surface area contributed by atoms with E-state index in [4.69, 9.17) is 5.73 Å². The highest BCUT2D eigenvalue weighted by Gasteiger charge is 2.29. The molecule has 2 saturated heterocycles. The van der Waals surface area contributed by atoms with Gasteiger partial charge in [0.2, 0.25) is 0 Å². The molecule has 0 radical (unpaired) electrons. The van der Waals surface area contributed by atoms with Crippen LogP contribution in [-0.4, -0.2) is 37.1 Å². The molecule has 0 saturated carbocycles. The summed E-state index contributed by atoms with van der Waals surface area (Å²) < 4.78 is 1.06. The molecule has 1 aromatic carbocycles. The number of likely N-dealkylation sites (tertiary alicyclic amines) is 1. The third-order valence-corrected chi connectivity index (χ3v) is 4.89. The lowest BCUT2D eigenvalue weighted by atomic mass is 10.1. The van der Waals surface area contributed by atoms with E-state index in [1.54, 1.807) is 0 Å². The quantitative estimate of drug-likeness (QED) is 0.849. The maximum absolute atomic E-state index is 6.14. The molecule has 2 N–H and O–H groups in total. The average Bonchev–Trinajstić information content (AvgIpc) is 2.89. The van der Waals surface area contributed by atoms with E-state index >= 15 is 0 Å². The first-order chi connectivity index (χ1) is 9.24. The van der Waals surface area contributed by atoms with Crippen LogP contribution in [-0.2, 0) is 0 Å². The van der Waals surface area contributed by atoms with Crippen molar-refractivity contribution in [1.29, 1.82) is 0 Å². The van der Waals surface area contributed by atoms with Crippen LogP contribution < -0.4 is 10.6 Å². The largest absolute Gasteiger partial charge is 0.397 e. The lowest BCUT2D eigenvalue weighted by Crippen LogP contribution is -2.40. The fourth-order valence-electron chi connectivity index (χ4n) is 3.36. The highest BCUT2D eigenvalue weighted by atomic mass is 79.9. The van der Waals surface area contributed by atoms with Crippen LogP contribution in [0.3, 0.4) is 0 Å². The second-order valence-electron chi connectivity index (χ2n) is 5.69. The summed E-state index contributed by atoms with van der Waals surface area (Å²) in [5.74, 6) is 0. The lowest BCUT2D eigenvalue weighted by Gasteiger charge is -2.32. The van der Waals surface area contributed by atoms with Crippen LogP contribution in [0.2, 0.25) is 0 Å². The predicted octanol–water partition coefficient (Wildman–Crippen LogP) is 3.10. The molecule has 19 heavy (non-hydrogen) atoms. The summed E-state index contributed by atoms with van der Waals surface area (Å²) in [7, 11) is 0. The fraction of sp³-hybridized carbons (Fsp3) is 0.600. The Hall–Kier alpha value is -0.740. The van der Waals surface area contributed by atoms with Crippen molar-refractivity contribution >= 4 is 27.3 Å². The van der Waals surface area contributed by atoms with Crippen LogP contribution in [0.5, 0.6) is 0 Å². The molecule has 1 atom stereocenters. The molecule has 2 heterocycles. The third kappa shape index (κ3) is 2.90. The summed E-state index contributed by atoms with van der Waals surface area (Å²) in [4.78, 5) is 5.12. The molecule has 0 aromatic heterocycles. The van der Waals surface area contributed by atoms with Crippen molar-refractivity contribution in [3.05, 3.63) is 22.7 Å². The number of hydrogen-bond acceptors (Lipinski definition) is 3. The number of anilines is 2. The number of rotatable bonds is 2. The van der Waals surface area contributed by atoms with Crippen LogP contribution in [0.15, 0.2) is 22.7 Å². The van der Waals surface area contributed by atoms with Crippen LogP contribution >= 0.6 is 15.9 Å². The fourth-order valence-corrected chi connectivity index (χ4v) is 3.73. The first-order valence-electron chi connectivity index (χ1n) is 7.28. The Morgan fingerprint density at radius 2 is 1.89 bits per heavy atom. The highest BCUT2D eigenvalue weighted by Crippen LogP contribution is 2.31. The van der Waals surface area contributed by atoms with E-state index in [0.717, 1.165) is 29.3 Å². The van der Waals surface area contributed by atoms with Crippen LogP contribution in [0.4, 0.5) is 11.4 Å². The summed E-state index contributed by atoms with van der Waals surface area (Å²) in [5.41, 5.74) is 8.22. The van der Waals surface area contributed by atoms with Gasteiger partial charge in [0.15, 0.2) is 0 Å². The van der Waals surface area contributed by atoms with Gasteiger partial charge in [-0.1, -0.05) is 22.4 Å². The molecule has 0 aliphatic carbocycles. The Labute approximate surface area is 123 Å². The van der Waals surface area contributed by atoms with E-state index in [-0.39, 0.29) is 0 Å². The van der Waals surface area contributed by atoms with Gasteiger partial charge in [-0.25, -0.2) is 0 Å². The Bertz CT molecular complexity index is 443. The maximum Gasteiger partial charge on any atom is 0.0601 e. The molecule has 1 unspecified atom stereocenters. The molecular formula is C15H22BrN3. The predicted molar refractivity (Wildman–Crippen MR) is 84.6 cm³/mol. The van der Waals surface area contributed by atoms with Gasteiger partial charge in [0.25, 0.3) is 0 Å². The van der Waals surface area contributed by atoms with E-state index in [1.165, 1.54) is 44.5 Å². The first-order valence-corrected chi connectivity index (χ1v) is 8.07. The van der Waals surface area contributed by atoms with Crippen molar-refractivity contribution in [3.8, 4) is 0 Å². The summed E-state index contributed by atoms with van der Waals surface area (Å²) in [6.45, 7) is 4.83. The zero-order chi connectivity index (χ0) is 13.2. The van der Waals surface area contributed by atoms with Crippen molar-refractivity contribution in [1.82, 2.24) is 4.90 Å². The number of piperidine rings is 1. The molecule has 4 heteroatoms. The number of hydrogen-bond donors (Lipinski definition) is 1. The molecule has 3 rings (SSSR count). The third-order valence-electron chi connectivity index (χ3n) is 4.40. The molecule has 2 aliphatic rings. The number of nitrogen functional groups attached to an aromatic ring is 1. The SMILES string of the molecule is Nc1cc(Br)ccc1N1CCC(N2CCCCC2)C1. The molecule has 0 amide bonds. The van der Waals surface area contributed by atoms with Gasteiger partial charge in [-0.3, -0.25) is 4.90 Å². The van der Waals surface area contributed by atoms with Crippen molar-refractivity contribution in [2.24, 2.45) is 0 Å². The highest BCUT2D eigenvalue weighted by molar-refractivity contribution is 9.10. The van der Waals surface area contributed by atoms with E-state index in [1.807, 2.05) is 6.07 Å². The Morgan fingerprint density at radius 3 is 2.63 bits per heavy atom. The van der Waals surface area contributed by atoms with Crippen molar-refractivity contribution < 1.29 is 0 Å². The van der Waals surface area contributed by atoms with Crippen molar-refractivity contribution in [2.45, 2.75) is 31.7 Å². The van der Waals surface area contributed by atoms with Crippen LogP contribution in [0, 0.1) is 0 Å². The van der Waals surface area contributed by atoms with Gasteiger partial charge < -0.3 is 10.6 Å². The molecule has 2 aliphatic heterocycles. The zero-order valence-electron chi connectivity index (χ0n) is 11.3. The van der Waals surface area contributed by atoms with Gasteiger partial charge >= 0.3 is 0 Å². The summed E-state index contributed by atoms with van der Waals surface area (Å²) in [6.07, 6.45) is 5.43. The Kier molecular flexibility index (Phi) is 3.99. The number of benzene rings is 1. The summed E-state index contributed by atoms with van der Waals surface area (Å²) >= 11 is 3.47. The second kappa shape index (κ2) is 5.71. The van der Waals surface area contributed by atoms with Gasteiger partial charge in [0, 0.05) is 23.6 Å². The zero-order valence-corrected chi connectivity index (χ0v) is 12.9. The van der Waals surface area contributed by atoms with Crippen molar-refractivity contribution in [2.75, 3.05) is 36.8 Å². The molecule has 1 aromatic rings. The van der Waals surface area contributed by atoms with Gasteiger partial charge in [-0.05, 0) is 50.6 Å². The second-order valence-corrected chi connectivity index (χ2v) is 6.60. The summed E-state index contributed by atoms with van der Waals surface area (Å²) in [6, 6.07) is 6.95. The van der Waals surface area contributed by atoms with Gasteiger partial charge in [0.05, 0.1) is 11.4 Å². The van der Waals surface area contributed by atoms with Gasteiger partial charge in [-0.15, -0.1) is 0 Å². The van der Waals surface area contributed by atoms with Crippen LogP contribution in [0.25, 0.3) is 0 Å². The molecule has 2 fully saturated rings. The Morgan fingerprint density at radius 1 is 1.11 bits per heavy atom. The van der Waals surface area contributed by atoms with E-state index in [2.05, 4.69) is 37.9 Å². The molecule has 3 nitrogen and oxygen atoms in total. The maximum atomic E-state index is 6.14. The smallest absolute Gasteiger partial charge is 0.0601 e. The topological polar surface area (TPSA) is 32.5 Å². The first kappa shape index (κ1) is 13.3. The minimum Gasteiger partial charge on any atom is -0.397 e. The average molecular weight is 324 g/mol. The Balaban J connectivity index is 1.67. The number of halogens is 1. The lowest BCUT2D eigenvalue weighted by molar-refractivity contribution is 0.175. The molecular weight excluding hydrogens is 302 g/mol.